The average molecular weight is 610 g/mol. The Bertz CT molecular complexity index is 1270. The van der Waals surface area contributed by atoms with E-state index in [1.165, 1.54) is 11.1 Å². The van der Waals surface area contributed by atoms with Crippen LogP contribution in [0.2, 0.25) is 18.1 Å². The first-order chi connectivity index (χ1) is 19.3. The molecule has 1 atom stereocenters. The molecule has 0 amide bonds. The summed E-state index contributed by atoms with van der Waals surface area (Å²) in [6.45, 7) is 16.2. The van der Waals surface area contributed by atoms with Crippen molar-refractivity contribution in [2.75, 3.05) is 19.6 Å². The van der Waals surface area contributed by atoms with Crippen molar-refractivity contribution in [1.82, 2.24) is 4.90 Å². The number of rotatable bonds is 7. The van der Waals surface area contributed by atoms with Gasteiger partial charge in [-0.3, -0.25) is 4.79 Å². The minimum Gasteiger partial charge on any atom is -0.543 e. The molecule has 0 radical (unpaired) electrons. The maximum Gasteiger partial charge on any atom is 0.490 e. The van der Waals surface area contributed by atoms with E-state index in [0.717, 1.165) is 42.8 Å². The second-order valence-corrected chi connectivity index (χ2v) is 17.5. The third-order valence-electron chi connectivity index (χ3n) is 8.71. The number of likely N-dealkylation sites (tertiary alicyclic amines) is 1. The van der Waals surface area contributed by atoms with Crippen LogP contribution >= 0.6 is 0 Å². The Morgan fingerprint density at radius 3 is 2.21 bits per heavy atom. The number of halogens is 3. The Hall–Kier alpha value is -2.89. The fourth-order valence-electron chi connectivity index (χ4n) is 5.08. The number of ether oxygens (including phenoxy) is 1. The molecule has 232 valence electrons. The van der Waals surface area contributed by atoms with E-state index in [0.29, 0.717) is 19.6 Å². The summed E-state index contributed by atoms with van der Waals surface area (Å²) in [5, 5.41) is 17.3. The lowest BCUT2D eigenvalue weighted by atomic mass is 9.83. The summed E-state index contributed by atoms with van der Waals surface area (Å²) >= 11 is 0. The molecule has 1 spiro atoms. The van der Waals surface area contributed by atoms with Crippen molar-refractivity contribution >= 4 is 20.3 Å². The van der Waals surface area contributed by atoms with Crippen molar-refractivity contribution in [1.29, 1.82) is 0 Å². The zero-order valence-corrected chi connectivity index (χ0v) is 26.2. The predicted octanol–water partition coefficient (Wildman–Crippen LogP) is 6.78. The highest BCUT2D eigenvalue weighted by atomic mass is 28.4. The van der Waals surface area contributed by atoms with E-state index < -0.39 is 32.4 Å². The Kier molecular flexibility index (Phi) is 10.2. The molecular formula is C31H42F3NO6Si. The van der Waals surface area contributed by atoms with Gasteiger partial charge in [-0.05, 0) is 78.7 Å². The van der Waals surface area contributed by atoms with Gasteiger partial charge in [0.25, 0.3) is 0 Å². The van der Waals surface area contributed by atoms with Crippen LogP contribution in [-0.4, -0.2) is 61.2 Å². The number of benzene rings is 2. The smallest absolute Gasteiger partial charge is 0.490 e. The summed E-state index contributed by atoms with van der Waals surface area (Å²) in [6, 6.07) is 14.7. The number of hydrogen-bond donors (Lipinski definition) is 2. The van der Waals surface area contributed by atoms with Crippen molar-refractivity contribution in [2.24, 2.45) is 5.92 Å². The molecule has 0 bridgehead atoms. The number of nitrogens with zero attached hydrogens (tertiary/aromatic N) is 1. The second-order valence-electron chi connectivity index (χ2n) is 12.7. The van der Waals surface area contributed by atoms with Gasteiger partial charge in [-0.15, -0.1) is 0 Å². The maximum atomic E-state index is 12.3. The number of carboxylic acid groups (broad SMARTS) is 2. The van der Waals surface area contributed by atoms with E-state index in [1.807, 2.05) is 6.07 Å². The fourth-order valence-corrected chi connectivity index (χ4v) is 6.10. The van der Waals surface area contributed by atoms with Crippen LogP contribution in [0.3, 0.4) is 0 Å². The topological polar surface area (TPSA) is 96.3 Å². The van der Waals surface area contributed by atoms with Gasteiger partial charge in [-0.1, -0.05) is 51.1 Å². The van der Waals surface area contributed by atoms with E-state index in [-0.39, 0.29) is 10.6 Å². The minimum atomic E-state index is -5.08. The van der Waals surface area contributed by atoms with Crippen molar-refractivity contribution < 1.29 is 42.1 Å². The molecule has 0 aromatic heterocycles. The number of carboxylic acids is 2. The van der Waals surface area contributed by atoms with E-state index in [4.69, 9.17) is 19.1 Å². The van der Waals surface area contributed by atoms with Gasteiger partial charge in [-0.25, -0.2) is 4.79 Å². The van der Waals surface area contributed by atoms with Crippen LogP contribution in [0.15, 0.2) is 42.5 Å². The van der Waals surface area contributed by atoms with Gasteiger partial charge in [0, 0.05) is 19.6 Å². The van der Waals surface area contributed by atoms with Crippen LogP contribution in [0.25, 0.3) is 0 Å². The molecule has 2 aliphatic heterocycles. The summed E-state index contributed by atoms with van der Waals surface area (Å²) in [6.07, 6.45) is -2.76. The van der Waals surface area contributed by atoms with E-state index in [9.17, 15) is 23.1 Å². The first-order valence-corrected chi connectivity index (χ1v) is 17.0. The van der Waals surface area contributed by atoms with E-state index >= 15 is 0 Å². The molecule has 0 saturated carbocycles. The number of fused-ring (bicyclic) bond motifs is 2. The molecule has 2 heterocycles. The standard InChI is InChI=1S/C29H41NO4Si.C2HF3O2/c1-21-11-12-25(34-35(5,6)28(2,3)4)18-23(21)17-24(27(31)32)19-30-15-13-29(14-16-30)26-10-8-7-9-22(26)20-33-29;3-2(4,5)1(6)7/h7-12,18,24H,13-17,19-20H2,1-6H3,(H,31,32);(H,6,7). The third kappa shape index (κ3) is 8.14. The molecule has 42 heavy (non-hydrogen) atoms. The van der Waals surface area contributed by atoms with Gasteiger partial charge in [0.2, 0.25) is 8.32 Å². The fraction of sp³-hybridized carbons (Fsp3) is 0.548. The summed E-state index contributed by atoms with van der Waals surface area (Å²) in [5.41, 5.74) is 4.60. The Morgan fingerprint density at radius 2 is 1.67 bits per heavy atom. The van der Waals surface area contributed by atoms with Crippen molar-refractivity contribution in [2.45, 2.75) is 83.5 Å². The monoisotopic (exact) mass is 609 g/mol. The number of alkyl halides is 3. The second kappa shape index (κ2) is 12.8. The Morgan fingerprint density at radius 1 is 1.07 bits per heavy atom. The highest BCUT2D eigenvalue weighted by molar-refractivity contribution is 6.74. The van der Waals surface area contributed by atoms with Gasteiger partial charge in [0.15, 0.2) is 0 Å². The van der Waals surface area contributed by atoms with Crippen molar-refractivity contribution in [3.8, 4) is 5.75 Å². The molecule has 4 rings (SSSR count). The first-order valence-electron chi connectivity index (χ1n) is 14.1. The molecule has 1 fully saturated rings. The summed E-state index contributed by atoms with van der Waals surface area (Å²) in [5.74, 6) is -3.09. The van der Waals surface area contributed by atoms with Gasteiger partial charge in [0.05, 0.1) is 18.1 Å². The Balaban J connectivity index is 0.000000616. The number of piperidine rings is 1. The van der Waals surface area contributed by atoms with Gasteiger partial charge < -0.3 is 24.3 Å². The normalized spacial score (nSPS) is 17.6. The molecule has 2 aliphatic rings. The first kappa shape index (κ1) is 33.6. The van der Waals surface area contributed by atoms with Crippen molar-refractivity contribution in [3.05, 3.63) is 64.7 Å². The number of hydrogen-bond acceptors (Lipinski definition) is 5. The van der Waals surface area contributed by atoms with Crippen LogP contribution in [0, 0.1) is 12.8 Å². The van der Waals surface area contributed by atoms with E-state index in [1.54, 1.807) is 0 Å². The van der Waals surface area contributed by atoms with Crippen LogP contribution in [0.1, 0.15) is 55.9 Å². The zero-order chi connectivity index (χ0) is 31.5. The van der Waals surface area contributed by atoms with Crippen LogP contribution in [0.5, 0.6) is 5.75 Å². The van der Waals surface area contributed by atoms with Crippen molar-refractivity contribution in [3.63, 3.8) is 0 Å². The molecule has 2 aromatic carbocycles. The van der Waals surface area contributed by atoms with Crippen LogP contribution in [0.4, 0.5) is 13.2 Å². The summed E-state index contributed by atoms with van der Waals surface area (Å²) in [7, 11) is -1.96. The minimum absolute atomic E-state index is 0.108. The average Bonchev–Trinajstić information content (AvgIpc) is 3.24. The molecule has 0 aliphatic carbocycles. The lowest BCUT2D eigenvalue weighted by Crippen LogP contribution is -2.45. The molecule has 11 heteroatoms. The molecule has 1 unspecified atom stereocenters. The number of aryl methyl sites for hydroxylation is 1. The van der Waals surface area contributed by atoms with E-state index in [2.05, 4.69) is 82.1 Å². The molecule has 7 nitrogen and oxygen atoms in total. The lowest BCUT2D eigenvalue weighted by Gasteiger charge is -2.40. The maximum absolute atomic E-state index is 12.3. The van der Waals surface area contributed by atoms with Gasteiger partial charge in [-0.2, -0.15) is 13.2 Å². The molecule has 2 aromatic rings. The third-order valence-corrected chi connectivity index (χ3v) is 13.1. The SMILES string of the molecule is Cc1ccc(O[Si](C)(C)C(C)(C)C)cc1CC(CN1CCC2(CC1)OCc1ccccc12)C(=O)O.O=C(O)C(F)(F)F. The quantitative estimate of drug-likeness (QED) is 0.334. The lowest BCUT2D eigenvalue weighted by molar-refractivity contribution is -0.192. The number of carbonyl (C=O) groups is 2. The Labute approximate surface area is 246 Å². The summed E-state index contributed by atoms with van der Waals surface area (Å²) < 4.78 is 44.5. The zero-order valence-electron chi connectivity index (χ0n) is 25.2. The summed E-state index contributed by atoms with van der Waals surface area (Å²) in [4.78, 5) is 23.5. The molecular weight excluding hydrogens is 567 g/mol. The van der Waals surface area contributed by atoms with Crippen LogP contribution in [-0.2, 0) is 33.0 Å². The predicted molar refractivity (Wildman–Crippen MR) is 156 cm³/mol. The molecule has 1 saturated heterocycles. The largest absolute Gasteiger partial charge is 0.543 e. The highest BCUT2D eigenvalue weighted by Crippen LogP contribution is 2.44. The van der Waals surface area contributed by atoms with Crippen LogP contribution < -0.4 is 4.43 Å². The highest BCUT2D eigenvalue weighted by Gasteiger charge is 2.43. The number of aliphatic carboxylic acids is 2. The molecule has 2 N–H and O–H groups in total. The van der Waals surface area contributed by atoms with Gasteiger partial charge >= 0.3 is 18.1 Å². The van der Waals surface area contributed by atoms with Gasteiger partial charge in [0.1, 0.15) is 5.75 Å².